The minimum absolute atomic E-state index is 0.0158. The molecule has 2 aromatic carbocycles. The van der Waals surface area contributed by atoms with Gasteiger partial charge in [-0.3, -0.25) is 9.59 Å². The number of nitrogens with one attached hydrogen (secondary N) is 1. The van der Waals surface area contributed by atoms with Crippen LogP contribution in [0.5, 0.6) is 0 Å². The Hall–Kier alpha value is -3.03. The third-order valence-electron chi connectivity index (χ3n) is 8.18. The lowest BCUT2D eigenvalue weighted by molar-refractivity contribution is -0.142. The normalized spacial score (nSPS) is 24.2. The summed E-state index contributed by atoms with van der Waals surface area (Å²) in [5.74, 6) is -1.76. The highest BCUT2D eigenvalue weighted by molar-refractivity contribution is 7.86. The molecule has 222 valence electrons. The molecular formula is C28H32F4N4O4S. The summed E-state index contributed by atoms with van der Waals surface area (Å²) in [6.45, 7) is 0.886. The monoisotopic (exact) mass is 596 g/mol. The van der Waals surface area contributed by atoms with Gasteiger partial charge in [-0.2, -0.15) is 30.2 Å². The largest absolute Gasteiger partial charge is 0.416 e. The van der Waals surface area contributed by atoms with Gasteiger partial charge in [0.15, 0.2) is 0 Å². The molecular weight excluding hydrogens is 564 g/mol. The molecule has 13 heteroatoms. The van der Waals surface area contributed by atoms with Crippen LogP contribution >= 0.6 is 0 Å². The number of carbonyl (C=O) groups excluding carboxylic acids is 2. The molecule has 0 aromatic heterocycles. The molecule has 3 saturated heterocycles. The van der Waals surface area contributed by atoms with Crippen molar-refractivity contribution in [2.45, 2.75) is 56.9 Å². The summed E-state index contributed by atoms with van der Waals surface area (Å²) in [7, 11) is -3.93. The second-order valence-corrected chi connectivity index (χ2v) is 12.6. The van der Waals surface area contributed by atoms with E-state index >= 15 is 0 Å². The van der Waals surface area contributed by atoms with E-state index in [1.807, 2.05) is 0 Å². The summed E-state index contributed by atoms with van der Waals surface area (Å²) < 4.78 is 82.3. The number of benzene rings is 2. The zero-order chi connectivity index (χ0) is 29.4. The van der Waals surface area contributed by atoms with Crippen molar-refractivity contribution in [3.63, 3.8) is 0 Å². The van der Waals surface area contributed by atoms with Crippen molar-refractivity contribution in [3.05, 3.63) is 71.0 Å². The Morgan fingerprint density at radius 1 is 0.927 bits per heavy atom. The number of likely N-dealkylation sites (tertiary alicyclic amines) is 1. The highest BCUT2D eigenvalue weighted by Crippen LogP contribution is 2.39. The van der Waals surface area contributed by atoms with E-state index in [-0.39, 0.29) is 32.1 Å². The summed E-state index contributed by atoms with van der Waals surface area (Å²) in [6.07, 6.45) is -1.93. The van der Waals surface area contributed by atoms with Crippen molar-refractivity contribution in [2.75, 3.05) is 26.2 Å². The minimum Gasteiger partial charge on any atom is -0.350 e. The molecule has 3 atom stereocenters. The van der Waals surface area contributed by atoms with E-state index in [0.717, 1.165) is 12.1 Å². The lowest BCUT2D eigenvalue weighted by Gasteiger charge is -2.44. The van der Waals surface area contributed by atoms with Crippen LogP contribution in [0.3, 0.4) is 0 Å². The summed E-state index contributed by atoms with van der Waals surface area (Å²) in [5, 5.41) is 2.72. The number of hydrogen-bond donors (Lipinski definition) is 1. The number of rotatable bonds is 7. The van der Waals surface area contributed by atoms with Gasteiger partial charge in [-0.25, -0.2) is 4.39 Å². The molecule has 3 aliphatic heterocycles. The van der Waals surface area contributed by atoms with Crippen molar-refractivity contribution >= 4 is 22.0 Å². The Bertz CT molecular complexity index is 1390. The molecule has 2 amide bonds. The SMILES string of the molecule is O=C(NCc1ccc(C(F)(F)F)cc1)[C@H]1CCCN1C(=O)[C@H]1CCCN(S(=O)(=O)N2CCC2c2ccccc2F)C1. The topological polar surface area (TPSA) is 90.0 Å². The molecule has 5 rings (SSSR count). The molecule has 0 aliphatic carbocycles. The average molecular weight is 597 g/mol. The van der Waals surface area contributed by atoms with E-state index in [1.165, 1.54) is 31.7 Å². The Morgan fingerprint density at radius 2 is 1.63 bits per heavy atom. The molecule has 0 spiro atoms. The van der Waals surface area contributed by atoms with Gasteiger partial charge in [-0.1, -0.05) is 30.3 Å². The molecule has 1 N–H and O–H groups in total. The van der Waals surface area contributed by atoms with Gasteiger partial charge in [0.05, 0.1) is 17.5 Å². The van der Waals surface area contributed by atoms with Crippen LogP contribution in [-0.2, 0) is 32.5 Å². The molecule has 8 nitrogen and oxygen atoms in total. The number of alkyl halides is 3. The van der Waals surface area contributed by atoms with E-state index < -0.39 is 51.7 Å². The number of halogens is 4. The first-order valence-electron chi connectivity index (χ1n) is 13.7. The van der Waals surface area contributed by atoms with Gasteiger partial charge in [-0.05, 0) is 55.9 Å². The average Bonchev–Trinajstić information content (AvgIpc) is 3.42. The predicted octanol–water partition coefficient (Wildman–Crippen LogP) is 3.86. The molecule has 3 fully saturated rings. The minimum atomic E-state index is -4.45. The summed E-state index contributed by atoms with van der Waals surface area (Å²) >= 11 is 0. The quantitative estimate of drug-likeness (QED) is 0.492. The van der Waals surface area contributed by atoms with Crippen LogP contribution in [0.1, 0.15) is 54.8 Å². The third kappa shape index (κ3) is 6.12. The Morgan fingerprint density at radius 3 is 2.29 bits per heavy atom. The molecule has 41 heavy (non-hydrogen) atoms. The first-order valence-corrected chi connectivity index (χ1v) is 15.1. The number of amides is 2. The van der Waals surface area contributed by atoms with Crippen LogP contribution in [-0.4, -0.2) is 66.0 Å². The summed E-state index contributed by atoms with van der Waals surface area (Å²) in [6, 6.07) is 9.29. The van der Waals surface area contributed by atoms with Gasteiger partial charge in [0, 0.05) is 38.3 Å². The van der Waals surface area contributed by atoms with Gasteiger partial charge in [-0.15, -0.1) is 0 Å². The van der Waals surface area contributed by atoms with E-state index in [9.17, 15) is 35.6 Å². The van der Waals surface area contributed by atoms with Gasteiger partial charge in [0.1, 0.15) is 11.9 Å². The zero-order valence-corrected chi connectivity index (χ0v) is 23.1. The number of nitrogens with zero attached hydrogens (tertiary/aromatic N) is 3. The first-order chi connectivity index (χ1) is 19.5. The smallest absolute Gasteiger partial charge is 0.350 e. The van der Waals surface area contributed by atoms with Gasteiger partial charge >= 0.3 is 6.18 Å². The van der Waals surface area contributed by atoms with Crippen LogP contribution in [0.15, 0.2) is 48.5 Å². The maximum atomic E-state index is 14.4. The first kappa shape index (κ1) is 29.5. The highest BCUT2D eigenvalue weighted by atomic mass is 32.2. The van der Waals surface area contributed by atoms with Crippen LogP contribution in [0.25, 0.3) is 0 Å². The fraction of sp³-hybridized carbons (Fsp3) is 0.500. The second kappa shape index (κ2) is 11.7. The fourth-order valence-corrected chi connectivity index (χ4v) is 7.76. The highest BCUT2D eigenvalue weighted by Gasteiger charge is 2.46. The van der Waals surface area contributed by atoms with E-state index in [4.69, 9.17) is 0 Å². The van der Waals surface area contributed by atoms with Crippen LogP contribution < -0.4 is 5.32 Å². The van der Waals surface area contributed by atoms with Crippen molar-refractivity contribution < 1.29 is 35.6 Å². The lowest BCUT2D eigenvalue weighted by Crippen LogP contribution is -2.56. The van der Waals surface area contributed by atoms with Crippen LogP contribution in [0.2, 0.25) is 0 Å². The molecule has 1 unspecified atom stereocenters. The van der Waals surface area contributed by atoms with Crippen molar-refractivity contribution in [1.82, 2.24) is 18.8 Å². The molecule has 0 bridgehead atoms. The Kier molecular flexibility index (Phi) is 8.40. The van der Waals surface area contributed by atoms with Gasteiger partial charge in [0.25, 0.3) is 10.2 Å². The molecule has 0 saturated carbocycles. The van der Waals surface area contributed by atoms with Crippen molar-refractivity contribution in [1.29, 1.82) is 0 Å². The summed E-state index contributed by atoms with van der Waals surface area (Å²) in [4.78, 5) is 28.0. The predicted molar refractivity (Wildman–Crippen MR) is 142 cm³/mol. The summed E-state index contributed by atoms with van der Waals surface area (Å²) in [5.41, 5.74) is 0.0461. The zero-order valence-electron chi connectivity index (χ0n) is 22.3. The maximum Gasteiger partial charge on any atom is 0.416 e. The van der Waals surface area contributed by atoms with Gasteiger partial charge < -0.3 is 10.2 Å². The van der Waals surface area contributed by atoms with Crippen molar-refractivity contribution in [3.8, 4) is 0 Å². The van der Waals surface area contributed by atoms with E-state index in [0.29, 0.717) is 49.8 Å². The van der Waals surface area contributed by atoms with Crippen LogP contribution in [0.4, 0.5) is 17.6 Å². The molecule has 0 radical (unpaired) electrons. The maximum absolute atomic E-state index is 14.4. The Labute approximate surface area is 236 Å². The molecule has 2 aromatic rings. The Balaban J connectivity index is 1.20. The third-order valence-corrected chi connectivity index (χ3v) is 10.2. The number of piperidine rings is 1. The standard InChI is InChI=1S/C28H32F4N4O4S/c29-23-7-2-1-6-22(23)24-13-16-36(24)41(39,40)34-14-3-5-20(18-34)27(38)35-15-4-8-25(35)26(37)33-17-19-9-11-21(12-10-19)28(30,31)32/h1-2,6-7,9-12,20,24-25H,3-5,8,13-18H2,(H,33,37)/t20-,24?,25+/m0/s1. The second-order valence-electron chi connectivity index (χ2n) is 10.7. The van der Waals surface area contributed by atoms with Gasteiger partial charge in [0.2, 0.25) is 11.8 Å². The van der Waals surface area contributed by atoms with E-state index in [2.05, 4.69) is 5.32 Å². The van der Waals surface area contributed by atoms with E-state index in [1.54, 1.807) is 18.2 Å². The van der Waals surface area contributed by atoms with Crippen LogP contribution in [0, 0.1) is 11.7 Å². The molecule has 3 heterocycles. The number of carbonyl (C=O) groups is 2. The molecule has 3 aliphatic rings. The fourth-order valence-electron chi connectivity index (χ4n) is 5.85. The van der Waals surface area contributed by atoms with Crippen molar-refractivity contribution in [2.24, 2.45) is 5.92 Å². The number of hydrogen-bond acceptors (Lipinski definition) is 4. The lowest BCUT2D eigenvalue weighted by atomic mass is 9.97.